The summed E-state index contributed by atoms with van der Waals surface area (Å²) in [4.78, 5) is 13.3. The summed E-state index contributed by atoms with van der Waals surface area (Å²) in [5.41, 5.74) is 0.955. The maximum atomic E-state index is 11.6. The molecule has 1 fully saturated rings. The zero-order valence-corrected chi connectivity index (χ0v) is 12.5. The first-order valence-corrected chi connectivity index (χ1v) is 6.77. The van der Waals surface area contributed by atoms with Crippen molar-refractivity contribution in [1.82, 2.24) is 4.90 Å². The van der Waals surface area contributed by atoms with Crippen LogP contribution in [0.25, 0.3) is 0 Å². The topological polar surface area (TPSA) is 48.0 Å². The number of cyclic esters (lactones) is 1. The molecule has 1 saturated heterocycles. The number of carbonyl (C=O) groups excluding carboxylic acids is 1. The number of benzene rings is 1. The first-order valence-electron chi connectivity index (χ1n) is 5.97. The molecule has 0 aliphatic carbocycles. The third-order valence-corrected chi connectivity index (χ3v) is 3.71. The predicted molar refractivity (Wildman–Crippen MR) is 73.6 cm³/mol. The van der Waals surface area contributed by atoms with E-state index in [-0.39, 0.29) is 6.09 Å². The van der Waals surface area contributed by atoms with Crippen LogP contribution < -0.4 is 9.47 Å². The van der Waals surface area contributed by atoms with Crippen molar-refractivity contribution in [2.24, 2.45) is 0 Å². The van der Waals surface area contributed by atoms with Crippen LogP contribution in [-0.4, -0.2) is 38.4 Å². The number of hydrogen-bond acceptors (Lipinski definition) is 4. The molecule has 0 radical (unpaired) electrons. The van der Waals surface area contributed by atoms with Gasteiger partial charge in [0.1, 0.15) is 0 Å². The highest BCUT2D eigenvalue weighted by atomic mass is 79.9. The number of carbonyl (C=O) groups is 1. The van der Waals surface area contributed by atoms with Crippen LogP contribution in [-0.2, 0) is 11.3 Å². The molecule has 1 aliphatic heterocycles. The highest BCUT2D eigenvalue weighted by molar-refractivity contribution is 9.10. The zero-order valence-electron chi connectivity index (χ0n) is 10.9. The molecular formula is C13H16BrNO4. The van der Waals surface area contributed by atoms with Gasteiger partial charge in [-0.3, -0.25) is 0 Å². The van der Waals surface area contributed by atoms with Gasteiger partial charge in [0.2, 0.25) is 0 Å². The highest BCUT2D eigenvalue weighted by Crippen LogP contribution is 2.34. The molecule has 2 rings (SSSR count). The summed E-state index contributed by atoms with van der Waals surface area (Å²) in [6, 6.07) is 3.70. The fourth-order valence-electron chi connectivity index (χ4n) is 1.96. The van der Waals surface area contributed by atoms with Crippen LogP contribution in [0.5, 0.6) is 11.5 Å². The van der Waals surface area contributed by atoms with Crippen LogP contribution >= 0.6 is 15.9 Å². The maximum Gasteiger partial charge on any atom is 0.410 e. The van der Waals surface area contributed by atoms with Gasteiger partial charge in [0.15, 0.2) is 11.5 Å². The van der Waals surface area contributed by atoms with Crippen molar-refractivity contribution in [2.45, 2.75) is 13.0 Å². The molecule has 1 aromatic carbocycles. The van der Waals surface area contributed by atoms with E-state index in [0.29, 0.717) is 31.2 Å². The average molecular weight is 330 g/mol. The van der Waals surface area contributed by atoms with E-state index >= 15 is 0 Å². The first kappa shape index (κ1) is 14.0. The van der Waals surface area contributed by atoms with Crippen molar-refractivity contribution >= 4 is 22.0 Å². The minimum absolute atomic E-state index is 0.270. The van der Waals surface area contributed by atoms with E-state index in [4.69, 9.17) is 14.2 Å². The SMILES string of the molecule is COc1cc(Br)c(CN2CCCOC2=O)cc1OC. The minimum Gasteiger partial charge on any atom is -0.493 e. The number of ether oxygens (including phenoxy) is 3. The second-order valence-electron chi connectivity index (χ2n) is 4.19. The monoisotopic (exact) mass is 329 g/mol. The Morgan fingerprint density at radius 2 is 2.00 bits per heavy atom. The molecule has 5 nitrogen and oxygen atoms in total. The molecule has 0 bridgehead atoms. The van der Waals surface area contributed by atoms with E-state index in [0.717, 1.165) is 16.5 Å². The zero-order chi connectivity index (χ0) is 13.8. The van der Waals surface area contributed by atoms with Crippen LogP contribution in [0.2, 0.25) is 0 Å². The lowest BCUT2D eigenvalue weighted by Gasteiger charge is -2.27. The molecule has 0 atom stereocenters. The molecule has 19 heavy (non-hydrogen) atoms. The summed E-state index contributed by atoms with van der Waals surface area (Å²) in [6.45, 7) is 1.70. The largest absolute Gasteiger partial charge is 0.493 e. The Morgan fingerprint density at radius 1 is 1.32 bits per heavy atom. The van der Waals surface area contributed by atoms with E-state index in [9.17, 15) is 4.79 Å². The number of hydrogen-bond donors (Lipinski definition) is 0. The Balaban J connectivity index is 2.22. The van der Waals surface area contributed by atoms with Crippen molar-refractivity contribution in [1.29, 1.82) is 0 Å². The average Bonchev–Trinajstić information content (AvgIpc) is 2.42. The maximum absolute atomic E-state index is 11.6. The minimum atomic E-state index is -0.270. The molecule has 1 amide bonds. The van der Waals surface area contributed by atoms with Gasteiger partial charge in [-0.1, -0.05) is 15.9 Å². The molecule has 104 valence electrons. The standard InChI is InChI=1S/C13H16BrNO4/c1-17-11-6-9(10(14)7-12(11)18-2)8-15-4-3-5-19-13(15)16/h6-7H,3-5,8H2,1-2H3. The summed E-state index contributed by atoms with van der Waals surface area (Å²) in [5.74, 6) is 1.30. The number of nitrogens with zero attached hydrogens (tertiary/aromatic N) is 1. The van der Waals surface area contributed by atoms with Gasteiger partial charge < -0.3 is 19.1 Å². The Hall–Kier alpha value is -1.43. The molecule has 1 aromatic rings. The van der Waals surface area contributed by atoms with Crippen molar-refractivity contribution in [3.8, 4) is 11.5 Å². The predicted octanol–water partition coefficient (Wildman–Crippen LogP) is 2.81. The molecule has 1 aliphatic rings. The third kappa shape index (κ3) is 3.12. The lowest BCUT2D eigenvalue weighted by Crippen LogP contribution is -2.37. The number of methoxy groups -OCH3 is 2. The van der Waals surface area contributed by atoms with Gasteiger partial charge in [-0.25, -0.2) is 4.79 Å². The van der Waals surface area contributed by atoms with Gasteiger partial charge in [0.05, 0.1) is 27.4 Å². The van der Waals surface area contributed by atoms with Crippen LogP contribution in [0.1, 0.15) is 12.0 Å². The van der Waals surface area contributed by atoms with Crippen molar-refractivity contribution in [2.75, 3.05) is 27.4 Å². The molecule has 6 heteroatoms. The normalized spacial score (nSPS) is 15.1. The van der Waals surface area contributed by atoms with E-state index < -0.39 is 0 Å². The molecule has 0 saturated carbocycles. The smallest absolute Gasteiger partial charge is 0.410 e. The summed E-state index contributed by atoms with van der Waals surface area (Å²) in [7, 11) is 3.18. The van der Waals surface area contributed by atoms with Gasteiger partial charge >= 0.3 is 6.09 Å². The Bertz CT molecular complexity index is 478. The Kier molecular flexibility index (Phi) is 4.52. The van der Waals surface area contributed by atoms with E-state index in [1.165, 1.54) is 0 Å². The Morgan fingerprint density at radius 3 is 2.63 bits per heavy atom. The van der Waals surface area contributed by atoms with Crippen molar-refractivity contribution in [3.63, 3.8) is 0 Å². The number of amides is 1. The van der Waals surface area contributed by atoms with Gasteiger partial charge in [-0.2, -0.15) is 0 Å². The second-order valence-corrected chi connectivity index (χ2v) is 5.04. The fourth-order valence-corrected chi connectivity index (χ4v) is 2.41. The second kappa shape index (κ2) is 6.14. The fraction of sp³-hybridized carbons (Fsp3) is 0.462. The molecule has 0 unspecified atom stereocenters. The molecule has 0 aromatic heterocycles. The van der Waals surface area contributed by atoms with Crippen LogP contribution in [0.3, 0.4) is 0 Å². The summed E-state index contributed by atoms with van der Waals surface area (Å²) >= 11 is 3.48. The molecule has 0 spiro atoms. The first-order chi connectivity index (χ1) is 9.15. The van der Waals surface area contributed by atoms with Gasteiger partial charge in [-0.15, -0.1) is 0 Å². The Labute approximate surface area is 120 Å². The lowest BCUT2D eigenvalue weighted by atomic mass is 10.2. The summed E-state index contributed by atoms with van der Waals surface area (Å²) in [6.07, 6.45) is 0.587. The van der Waals surface area contributed by atoms with Gasteiger partial charge in [0.25, 0.3) is 0 Å². The lowest BCUT2D eigenvalue weighted by molar-refractivity contribution is 0.0699. The van der Waals surface area contributed by atoms with Gasteiger partial charge in [-0.05, 0) is 24.1 Å². The molecule has 0 N–H and O–H groups in total. The number of rotatable bonds is 4. The summed E-state index contributed by atoms with van der Waals surface area (Å²) in [5, 5.41) is 0. The molecule has 1 heterocycles. The van der Waals surface area contributed by atoms with E-state index in [1.807, 2.05) is 12.1 Å². The van der Waals surface area contributed by atoms with Crippen molar-refractivity contribution in [3.05, 3.63) is 22.2 Å². The summed E-state index contributed by atoms with van der Waals surface area (Å²) < 4.78 is 16.4. The number of halogens is 1. The van der Waals surface area contributed by atoms with Crippen LogP contribution in [0.15, 0.2) is 16.6 Å². The molecular weight excluding hydrogens is 314 g/mol. The van der Waals surface area contributed by atoms with E-state index in [1.54, 1.807) is 19.1 Å². The van der Waals surface area contributed by atoms with Crippen molar-refractivity contribution < 1.29 is 19.0 Å². The quantitative estimate of drug-likeness (QED) is 0.852. The van der Waals surface area contributed by atoms with Gasteiger partial charge in [0, 0.05) is 11.0 Å². The van der Waals surface area contributed by atoms with Crippen LogP contribution in [0.4, 0.5) is 4.79 Å². The highest BCUT2D eigenvalue weighted by Gasteiger charge is 2.21. The van der Waals surface area contributed by atoms with Crippen LogP contribution in [0, 0.1) is 0 Å². The third-order valence-electron chi connectivity index (χ3n) is 2.97. The van der Waals surface area contributed by atoms with E-state index in [2.05, 4.69) is 15.9 Å².